The molecule has 1 amide bonds. The van der Waals surface area contributed by atoms with E-state index in [1.54, 1.807) is 18.2 Å². The van der Waals surface area contributed by atoms with E-state index >= 15 is 0 Å². The van der Waals surface area contributed by atoms with Crippen LogP contribution in [0.15, 0.2) is 82.6 Å². The van der Waals surface area contributed by atoms with Gasteiger partial charge in [-0.15, -0.1) is 0 Å². The predicted molar refractivity (Wildman–Crippen MR) is 120 cm³/mol. The summed E-state index contributed by atoms with van der Waals surface area (Å²) < 4.78 is 55.0. The van der Waals surface area contributed by atoms with Crippen LogP contribution in [0, 0.1) is 0 Å². The number of hydrogen-bond acceptors (Lipinski definition) is 5. The normalized spacial score (nSPS) is 11.5. The number of carbonyl (C=O) groups is 1. The Morgan fingerprint density at radius 2 is 1.19 bits per heavy atom. The lowest BCUT2D eigenvalue weighted by atomic mass is 10.3. The van der Waals surface area contributed by atoms with Gasteiger partial charge in [0.1, 0.15) is 0 Å². The summed E-state index contributed by atoms with van der Waals surface area (Å²) in [5.74, 6) is -0.271. The molecule has 0 saturated heterocycles. The molecular weight excluding hydrogens is 462 g/mol. The summed E-state index contributed by atoms with van der Waals surface area (Å²) in [6, 6.07) is 17.2. The number of rotatable bonds is 7. The van der Waals surface area contributed by atoms with Gasteiger partial charge in [0.2, 0.25) is 5.91 Å². The summed E-state index contributed by atoms with van der Waals surface area (Å²) in [4.78, 5) is 11.0. The molecule has 0 aliphatic carbocycles. The summed E-state index contributed by atoms with van der Waals surface area (Å²) in [5, 5.41) is 2.80. The molecule has 11 heteroatoms. The van der Waals surface area contributed by atoms with Crippen molar-refractivity contribution in [1.82, 2.24) is 0 Å². The van der Waals surface area contributed by atoms with E-state index in [1.165, 1.54) is 61.5 Å². The van der Waals surface area contributed by atoms with Crippen LogP contribution in [0.25, 0.3) is 0 Å². The van der Waals surface area contributed by atoms with Crippen LogP contribution in [0.1, 0.15) is 6.92 Å². The Morgan fingerprint density at radius 3 is 1.71 bits per heavy atom. The molecule has 0 aliphatic heterocycles. The lowest BCUT2D eigenvalue weighted by Crippen LogP contribution is -2.15. The molecule has 0 aliphatic rings. The Balaban J connectivity index is 1.75. The summed E-state index contributed by atoms with van der Waals surface area (Å²) in [5.41, 5.74) is 0.881. The van der Waals surface area contributed by atoms with Gasteiger partial charge in [-0.25, -0.2) is 16.8 Å². The van der Waals surface area contributed by atoms with Crippen LogP contribution in [0.5, 0.6) is 0 Å². The maximum Gasteiger partial charge on any atom is 0.261 e. The van der Waals surface area contributed by atoms with E-state index in [0.29, 0.717) is 5.69 Å². The Hall–Kier alpha value is -3.08. The number of hydrogen-bond donors (Lipinski definition) is 3. The average Bonchev–Trinajstić information content (AvgIpc) is 2.70. The molecule has 0 spiro atoms. The highest BCUT2D eigenvalue weighted by atomic mass is 35.5. The van der Waals surface area contributed by atoms with Crippen LogP contribution in [0.4, 0.5) is 17.1 Å². The van der Waals surface area contributed by atoms with Gasteiger partial charge in [0.25, 0.3) is 20.0 Å². The third-order valence-electron chi connectivity index (χ3n) is 4.02. The summed E-state index contributed by atoms with van der Waals surface area (Å²) in [6.45, 7) is 1.35. The lowest BCUT2D eigenvalue weighted by Gasteiger charge is -2.11. The van der Waals surface area contributed by atoms with E-state index in [9.17, 15) is 21.6 Å². The zero-order valence-corrected chi connectivity index (χ0v) is 18.6. The highest BCUT2D eigenvalue weighted by molar-refractivity contribution is 7.93. The second-order valence-corrected chi connectivity index (χ2v) is 10.2. The van der Waals surface area contributed by atoms with Gasteiger partial charge in [0.15, 0.2) is 0 Å². The molecule has 8 nitrogen and oxygen atoms in total. The van der Waals surface area contributed by atoms with Crippen molar-refractivity contribution in [3.8, 4) is 0 Å². The maximum absolute atomic E-state index is 12.6. The van der Waals surface area contributed by atoms with E-state index in [2.05, 4.69) is 14.8 Å². The van der Waals surface area contributed by atoms with Crippen LogP contribution >= 0.6 is 11.6 Å². The summed E-state index contributed by atoms with van der Waals surface area (Å²) in [7, 11) is -7.82. The van der Waals surface area contributed by atoms with Crippen molar-refractivity contribution in [2.45, 2.75) is 16.7 Å². The first kappa shape index (κ1) is 22.6. The average molecular weight is 480 g/mol. The van der Waals surface area contributed by atoms with Crippen molar-refractivity contribution in [3.63, 3.8) is 0 Å². The van der Waals surface area contributed by atoms with E-state index in [1.807, 2.05) is 0 Å². The molecule has 31 heavy (non-hydrogen) atoms. The Bertz CT molecular complexity index is 1310. The topological polar surface area (TPSA) is 121 Å². The third-order valence-corrected chi connectivity index (χ3v) is 7.13. The number of benzene rings is 3. The van der Waals surface area contributed by atoms with E-state index in [-0.39, 0.29) is 32.1 Å². The Morgan fingerprint density at radius 1 is 0.710 bits per heavy atom. The number of anilines is 3. The molecule has 3 aromatic rings. The van der Waals surface area contributed by atoms with Crippen molar-refractivity contribution in [1.29, 1.82) is 0 Å². The maximum atomic E-state index is 12.6. The number of carbonyl (C=O) groups excluding carboxylic acids is 1. The first-order chi connectivity index (χ1) is 14.6. The minimum Gasteiger partial charge on any atom is -0.326 e. The van der Waals surface area contributed by atoms with Gasteiger partial charge in [-0.1, -0.05) is 23.7 Å². The van der Waals surface area contributed by atoms with Gasteiger partial charge in [0, 0.05) is 18.3 Å². The van der Waals surface area contributed by atoms with Gasteiger partial charge in [-0.05, 0) is 60.7 Å². The van der Waals surface area contributed by atoms with Crippen LogP contribution < -0.4 is 14.8 Å². The molecule has 0 heterocycles. The van der Waals surface area contributed by atoms with Gasteiger partial charge in [-0.2, -0.15) is 0 Å². The molecule has 0 aromatic heterocycles. The van der Waals surface area contributed by atoms with Crippen LogP contribution in [0.2, 0.25) is 5.02 Å². The Kier molecular flexibility index (Phi) is 6.54. The second kappa shape index (κ2) is 8.96. The first-order valence-electron chi connectivity index (χ1n) is 8.85. The lowest BCUT2D eigenvalue weighted by molar-refractivity contribution is -0.114. The molecule has 3 aromatic carbocycles. The quantitative estimate of drug-likeness (QED) is 0.474. The van der Waals surface area contributed by atoms with Crippen molar-refractivity contribution >= 4 is 54.6 Å². The molecule has 0 saturated carbocycles. The largest absolute Gasteiger partial charge is 0.326 e. The number of para-hydroxylation sites is 1. The van der Waals surface area contributed by atoms with Crippen molar-refractivity contribution < 1.29 is 21.6 Å². The molecule has 3 rings (SSSR count). The first-order valence-corrected chi connectivity index (χ1v) is 12.2. The summed E-state index contributed by atoms with van der Waals surface area (Å²) >= 11 is 5.98. The van der Waals surface area contributed by atoms with Crippen LogP contribution in [-0.2, 0) is 24.8 Å². The minimum absolute atomic E-state index is 0.0151. The molecule has 0 radical (unpaired) electrons. The van der Waals surface area contributed by atoms with Gasteiger partial charge in [0.05, 0.1) is 20.5 Å². The molecule has 0 bridgehead atoms. The molecule has 3 N–H and O–H groups in total. The number of nitrogens with one attached hydrogen (secondary N) is 3. The molecule has 0 fully saturated rings. The SMILES string of the molecule is CC(=O)Nc1ccc(S(=O)(=O)Nc2ccc(S(=O)(=O)Nc3ccccc3Cl)cc2)cc1. The zero-order chi connectivity index (χ0) is 22.6. The van der Waals surface area contributed by atoms with Gasteiger partial charge >= 0.3 is 0 Å². The fraction of sp³-hybridized carbons (Fsp3) is 0.0500. The fourth-order valence-electron chi connectivity index (χ4n) is 2.58. The van der Waals surface area contributed by atoms with Gasteiger partial charge < -0.3 is 5.32 Å². The minimum atomic E-state index is -3.91. The molecule has 0 unspecified atom stereocenters. The smallest absolute Gasteiger partial charge is 0.261 e. The van der Waals surface area contributed by atoms with E-state index < -0.39 is 20.0 Å². The highest BCUT2D eigenvalue weighted by Gasteiger charge is 2.18. The molecular formula is C20H18ClN3O5S2. The third kappa shape index (κ3) is 5.75. The van der Waals surface area contributed by atoms with Crippen LogP contribution in [0.3, 0.4) is 0 Å². The van der Waals surface area contributed by atoms with E-state index in [0.717, 1.165) is 0 Å². The number of halogens is 1. The van der Waals surface area contributed by atoms with Crippen LogP contribution in [-0.4, -0.2) is 22.7 Å². The number of amides is 1. The predicted octanol–water partition coefficient (Wildman–Crippen LogP) is 3.90. The van der Waals surface area contributed by atoms with Gasteiger partial charge in [-0.3, -0.25) is 14.2 Å². The van der Waals surface area contributed by atoms with Crippen molar-refractivity contribution in [3.05, 3.63) is 77.8 Å². The number of sulfonamides is 2. The Labute approximate surface area is 185 Å². The zero-order valence-electron chi connectivity index (χ0n) is 16.2. The van der Waals surface area contributed by atoms with Crippen molar-refractivity contribution in [2.75, 3.05) is 14.8 Å². The fourth-order valence-corrected chi connectivity index (χ4v) is 4.96. The standard InChI is InChI=1S/C20H18ClN3O5S2/c1-14(25)22-15-6-10-17(11-7-15)30(26,27)23-16-8-12-18(13-9-16)31(28,29)24-20-5-3-2-4-19(20)21/h2-13,23-24H,1H3,(H,22,25). The monoisotopic (exact) mass is 479 g/mol. The van der Waals surface area contributed by atoms with E-state index in [4.69, 9.17) is 11.6 Å². The second-order valence-electron chi connectivity index (χ2n) is 6.42. The van der Waals surface area contributed by atoms with Crippen molar-refractivity contribution in [2.24, 2.45) is 0 Å². The molecule has 162 valence electrons. The highest BCUT2D eigenvalue weighted by Crippen LogP contribution is 2.25. The summed E-state index contributed by atoms with van der Waals surface area (Å²) in [6.07, 6.45) is 0. The molecule has 0 atom stereocenters.